The van der Waals surface area contributed by atoms with Gasteiger partial charge in [-0.05, 0) is 36.4 Å². The van der Waals surface area contributed by atoms with E-state index in [2.05, 4.69) is 16.4 Å². The van der Waals surface area contributed by atoms with Crippen LogP contribution in [-0.2, 0) is 20.9 Å². The molecule has 0 radical (unpaired) electrons. The minimum Gasteiger partial charge on any atom is -0.466 e. The number of benzene rings is 1. The van der Waals surface area contributed by atoms with Gasteiger partial charge in [0.2, 0.25) is 5.91 Å². The number of nitrogens with zero attached hydrogens (tertiary/aromatic N) is 3. The topological polar surface area (TPSA) is 83.9 Å². The largest absolute Gasteiger partial charge is 0.466 e. The average Bonchev–Trinajstić information content (AvgIpc) is 3.23. The lowest BCUT2D eigenvalue weighted by atomic mass is 9.92. The second kappa shape index (κ2) is 10.0. The van der Waals surface area contributed by atoms with Gasteiger partial charge in [-0.25, -0.2) is 9.79 Å². The summed E-state index contributed by atoms with van der Waals surface area (Å²) >= 11 is 1.47. The number of hydrogen-bond donors (Lipinski definition) is 1. The number of hydrogen-bond acceptors (Lipinski definition) is 7. The van der Waals surface area contributed by atoms with Crippen LogP contribution in [0.3, 0.4) is 0 Å². The van der Waals surface area contributed by atoms with Crippen molar-refractivity contribution < 1.29 is 14.3 Å². The van der Waals surface area contributed by atoms with Crippen molar-refractivity contribution in [3.05, 3.63) is 87.9 Å². The molecule has 0 saturated heterocycles. The lowest BCUT2D eigenvalue weighted by molar-refractivity contribution is -0.136. The van der Waals surface area contributed by atoms with Crippen molar-refractivity contribution in [1.29, 1.82) is 0 Å². The highest BCUT2D eigenvalue weighted by Gasteiger charge is 2.41. The van der Waals surface area contributed by atoms with Crippen LogP contribution < -0.4 is 5.32 Å². The SMILES string of the molecule is CCC1=C(C(=O)OC)[C@@H](c2cccc(C)c2)N2C(CC(=O)NCc3ccccn3)=CSC2=N1. The molecule has 2 aliphatic heterocycles. The van der Waals surface area contributed by atoms with Crippen molar-refractivity contribution in [2.45, 2.75) is 39.3 Å². The number of aliphatic imine (C=N–C) groups is 1. The summed E-state index contributed by atoms with van der Waals surface area (Å²) in [4.78, 5) is 36.7. The summed E-state index contributed by atoms with van der Waals surface area (Å²) in [5, 5.41) is 5.63. The summed E-state index contributed by atoms with van der Waals surface area (Å²) in [6.07, 6.45) is 2.47. The molecule has 2 aromatic rings. The Hall–Kier alpha value is -3.39. The number of carbonyl (C=O) groups excluding carboxylic acids is 2. The first-order chi connectivity index (χ1) is 16.0. The lowest BCUT2D eigenvalue weighted by Gasteiger charge is -2.36. The van der Waals surface area contributed by atoms with Crippen LogP contribution in [0.15, 0.2) is 76.0 Å². The van der Waals surface area contributed by atoms with Gasteiger partial charge >= 0.3 is 5.97 Å². The average molecular weight is 463 g/mol. The third kappa shape index (κ3) is 4.85. The fourth-order valence-corrected chi connectivity index (χ4v) is 4.92. The number of aryl methyl sites for hydroxylation is 1. The molecule has 0 spiro atoms. The van der Waals surface area contributed by atoms with Crippen molar-refractivity contribution >= 4 is 28.8 Å². The smallest absolute Gasteiger partial charge is 0.338 e. The fourth-order valence-electron chi connectivity index (χ4n) is 3.99. The summed E-state index contributed by atoms with van der Waals surface area (Å²) in [7, 11) is 1.38. The third-order valence-corrected chi connectivity index (χ3v) is 6.41. The van der Waals surface area contributed by atoms with Crippen LogP contribution in [0.1, 0.15) is 42.6 Å². The molecule has 170 valence electrons. The zero-order chi connectivity index (χ0) is 23.4. The van der Waals surface area contributed by atoms with Crippen LogP contribution in [-0.4, -0.2) is 34.0 Å². The molecule has 0 fully saturated rings. The number of aromatic nitrogens is 1. The van der Waals surface area contributed by atoms with E-state index in [-0.39, 0.29) is 12.3 Å². The van der Waals surface area contributed by atoms with Gasteiger partial charge in [0, 0.05) is 11.9 Å². The van der Waals surface area contributed by atoms with Crippen LogP contribution in [0.4, 0.5) is 0 Å². The van der Waals surface area contributed by atoms with Crippen molar-refractivity contribution in [3.63, 3.8) is 0 Å². The maximum Gasteiger partial charge on any atom is 0.338 e. The molecule has 8 heteroatoms. The highest BCUT2D eigenvalue weighted by Crippen LogP contribution is 2.45. The van der Waals surface area contributed by atoms with Gasteiger partial charge in [0.05, 0.1) is 43.1 Å². The van der Waals surface area contributed by atoms with E-state index in [9.17, 15) is 9.59 Å². The molecule has 0 aliphatic carbocycles. The van der Waals surface area contributed by atoms with Gasteiger partial charge < -0.3 is 15.0 Å². The van der Waals surface area contributed by atoms with Gasteiger partial charge in [-0.15, -0.1) is 0 Å². The Kier molecular flexibility index (Phi) is 6.93. The summed E-state index contributed by atoms with van der Waals surface area (Å²) < 4.78 is 5.15. The Bertz CT molecular complexity index is 1160. The molecule has 1 aromatic heterocycles. The zero-order valence-electron chi connectivity index (χ0n) is 18.9. The number of allylic oxidation sites excluding steroid dienone is 1. The fraction of sp³-hybridized carbons (Fsp3) is 0.280. The third-order valence-electron chi connectivity index (χ3n) is 5.52. The summed E-state index contributed by atoms with van der Waals surface area (Å²) in [6.45, 7) is 4.35. The minimum absolute atomic E-state index is 0.123. The Morgan fingerprint density at radius 3 is 2.76 bits per heavy atom. The maximum atomic E-state index is 12.9. The number of methoxy groups -OCH3 is 1. The molecule has 3 heterocycles. The number of carbonyl (C=O) groups is 2. The van der Waals surface area contributed by atoms with E-state index < -0.39 is 12.0 Å². The monoisotopic (exact) mass is 462 g/mol. The van der Waals surface area contributed by atoms with Crippen molar-refractivity contribution in [2.75, 3.05) is 7.11 Å². The molecule has 7 nitrogen and oxygen atoms in total. The molecule has 1 N–H and O–H groups in total. The zero-order valence-corrected chi connectivity index (χ0v) is 19.7. The molecule has 2 aliphatic rings. The van der Waals surface area contributed by atoms with Gasteiger partial charge in [0.15, 0.2) is 5.17 Å². The molecule has 1 atom stereocenters. The standard InChI is InChI=1S/C25H26N4O3S/c1-4-20-22(24(31)32-3)23(17-9-7-8-16(2)12-17)29-19(15-33-25(29)28-20)13-21(30)27-14-18-10-5-6-11-26-18/h5-12,15,23H,4,13-14H2,1-3H3,(H,27,30)/t23-/m1/s1. The van der Waals surface area contributed by atoms with Crippen LogP contribution >= 0.6 is 11.8 Å². The number of pyridine rings is 1. The van der Waals surface area contributed by atoms with E-state index in [4.69, 9.17) is 9.73 Å². The Balaban J connectivity index is 1.64. The number of nitrogens with one attached hydrogen (secondary N) is 1. The molecule has 0 saturated carbocycles. The van der Waals surface area contributed by atoms with Gasteiger partial charge in [-0.2, -0.15) is 0 Å². The van der Waals surface area contributed by atoms with Crippen LogP contribution in [0, 0.1) is 6.92 Å². The summed E-state index contributed by atoms with van der Waals surface area (Å²) in [5.74, 6) is -0.529. The molecule has 1 amide bonds. The molecule has 0 unspecified atom stereocenters. The van der Waals surface area contributed by atoms with E-state index in [1.807, 2.05) is 60.6 Å². The number of thioether (sulfide) groups is 1. The quantitative estimate of drug-likeness (QED) is 0.620. The lowest BCUT2D eigenvalue weighted by Crippen LogP contribution is -2.38. The molecule has 1 aromatic carbocycles. The molecule has 0 bridgehead atoms. The first-order valence-corrected chi connectivity index (χ1v) is 11.7. The van der Waals surface area contributed by atoms with Crippen LogP contribution in [0.5, 0.6) is 0 Å². The Morgan fingerprint density at radius 2 is 2.06 bits per heavy atom. The van der Waals surface area contributed by atoms with E-state index in [1.54, 1.807) is 6.20 Å². The van der Waals surface area contributed by atoms with Crippen LogP contribution in [0.2, 0.25) is 0 Å². The highest BCUT2D eigenvalue weighted by atomic mass is 32.2. The predicted octanol–water partition coefficient (Wildman–Crippen LogP) is 4.23. The molecular weight excluding hydrogens is 436 g/mol. The van der Waals surface area contributed by atoms with Crippen molar-refractivity contribution in [3.8, 4) is 0 Å². The Morgan fingerprint density at radius 1 is 1.21 bits per heavy atom. The molecule has 4 rings (SSSR count). The van der Waals surface area contributed by atoms with E-state index >= 15 is 0 Å². The number of amidine groups is 1. The van der Waals surface area contributed by atoms with E-state index in [0.29, 0.717) is 24.2 Å². The van der Waals surface area contributed by atoms with Gasteiger partial charge in [-0.3, -0.25) is 9.78 Å². The highest BCUT2D eigenvalue weighted by molar-refractivity contribution is 8.16. The van der Waals surface area contributed by atoms with Crippen LogP contribution in [0.25, 0.3) is 0 Å². The summed E-state index contributed by atoms with van der Waals surface area (Å²) in [5.41, 5.74) is 4.85. The number of esters is 1. The van der Waals surface area contributed by atoms with Gasteiger partial charge in [-0.1, -0.05) is 54.6 Å². The predicted molar refractivity (Wildman–Crippen MR) is 129 cm³/mol. The maximum absolute atomic E-state index is 12.9. The summed E-state index contributed by atoms with van der Waals surface area (Å²) in [6, 6.07) is 13.2. The number of fused-ring (bicyclic) bond motifs is 1. The number of ether oxygens (including phenoxy) is 1. The van der Waals surface area contributed by atoms with E-state index in [0.717, 1.165) is 27.7 Å². The number of amides is 1. The van der Waals surface area contributed by atoms with Gasteiger partial charge in [0.1, 0.15) is 0 Å². The minimum atomic E-state index is -0.412. The first kappa shape index (κ1) is 22.8. The molecule has 33 heavy (non-hydrogen) atoms. The second-order valence-corrected chi connectivity index (χ2v) is 8.62. The normalized spacial score (nSPS) is 17.3. The van der Waals surface area contributed by atoms with E-state index in [1.165, 1.54) is 18.9 Å². The Labute approximate surface area is 197 Å². The number of rotatable bonds is 7. The second-order valence-electron chi connectivity index (χ2n) is 7.79. The van der Waals surface area contributed by atoms with Gasteiger partial charge in [0.25, 0.3) is 0 Å². The first-order valence-electron chi connectivity index (χ1n) is 10.8. The molecular formula is C25H26N4O3S. The van der Waals surface area contributed by atoms with Crippen molar-refractivity contribution in [2.24, 2.45) is 4.99 Å². The van der Waals surface area contributed by atoms with Crippen molar-refractivity contribution in [1.82, 2.24) is 15.2 Å².